The van der Waals surface area contributed by atoms with Crippen LogP contribution in [-0.2, 0) is 14.9 Å². The molecular weight excluding hydrogens is 424 g/mol. The molecule has 2 aliphatic heterocycles. The Labute approximate surface area is 201 Å². The van der Waals surface area contributed by atoms with Crippen molar-refractivity contribution in [1.29, 1.82) is 0 Å². The van der Waals surface area contributed by atoms with Gasteiger partial charge in [0.2, 0.25) is 5.91 Å². The first-order valence-corrected chi connectivity index (χ1v) is 12.4. The molecule has 1 amide bonds. The fourth-order valence-corrected chi connectivity index (χ4v) is 5.08. The van der Waals surface area contributed by atoms with E-state index in [-0.39, 0.29) is 5.91 Å². The highest BCUT2D eigenvalue weighted by atomic mass is 16.5. The number of carbonyl (C=O) groups excluding carboxylic acids is 1. The van der Waals surface area contributed by atoms with Crippen LogP contribution < -0.4 is 10.2 Å². The number of aromatic nitrogens is 2. The number of carbonyl (C=O) groups is 1. The standard InChI is InChI=1S/C28H32N4O2/c33-27(28(15-19-34-20-16-28)23-10-4-3-5-11-23)29-24-12-8-9-22(21-24)25-13-14-26(31-30-25)32-17-6-1-2-7-18-32/h3-5,8-14,21H,1-2,6-7,15-20H2,(H,29,33). The number of amides is 1. The highest BCUT2D eigenvalue weighted by Gasteiger charge is 2.41. The minimum atomic E-state index is -0.579. The predicted octanol–water partition coefficient (Wildman–Crippen LogP) is 5.21. The summed E-state index contributed by atoms with van der Waals surface area (Å²) >= 11 is 0. The summed E-state index contributed by atoms with van der Waals surface area (Å²) in [7, 11) is 0. The molecule has 0 unspecified atom stereocenters. The average Bonchev–Trinajstić information content (AvgIpc) is 3.20. The normalized spacial score (nSPS) is 18.2. The Morgan fingerprint density at radius 3 is 2.32 bits per heavy atom. The maximum absolute atomic E-state index is 13.6. The molecular formula is C28H32N4O2. The monoisotopic (exact) mass is 456 g/mol. The molecule has 0 saturated carbocycles. The predicted molar refractivity (Wildman–Crippen MR) is 135 cm³/mol. The lowest BCUT2D eigenvalue weighted by molar-refractivity contribution is -0.125. The molecule has 2 saturated heterocycles. The van der Waals surface area contributed by atoms with Gasteiger partial charge in [0, 0.05) is 37.6 Å². The van der Waals surface area contributed by atoms with Gasteiger partial charge in [0.15, 0.2) is 5.82 Å². The van der Waals surface area contributed by atoms with Crippen molar-refractivity contribution in [2.75, 3.05) is 36.5 Å². The quantitative estimate of drug-likeness (QED) is 0.571. The third-order valence-electron chi connectivity index (χ3n) is 7.10. The highest BCUT2D eigenvalue weighted by molar-refractivity contribution is 5.99. The minimum absolute atomic E-state index is 0.0155. The van der Waals surface area contributed by atoms with Gasteiger partial charge >= 0.3 is 0 Å². The first kappa shape index (κ1) is 22.5. The van der Waals surface area contributed by atoms with E-state index in [1.54, 1.807) is 0 Å². The topological polar surface area (TPSA) is 67.4 Å². The number of ether oxygens (including phenoxy) is 1. The van der Waals surface area contributed by atoms with Crippen LogP contribution in [0, 0.1) is 0 Å². The van der Waals surface area contributed by atoms with Gasteiger partial charge in [0.05, 0.1) is 11.1 Å². The minimum Gasteiger partial charge on any atom is -0.381 e. The van der Waals surface area contributed by atoms with E-state index in [0.717, 1.165) is 41.4 Å². The molecule has 1 aromatic heterocycles. The van der Waals surface area contributed by atoms with Crippen molar-refractivity contribution in [3.05, 3.63) is 72.3 Å². The van der Waals surface area contributed by atoms with Crippen LogP contribution in [0.5, 0.6) is 0 Å². The summed E-state index contributed by atoms with van der Waals surface area (Å²) in [6.07, 6.45) is 6.35. The van der Waals surface area contributed by atoms with Gasteiger partial charge in [0.1, 0.15) is 0 Å². The second-order valence-corrected chi connectivity index (χ2v) is 9.27. The molecule has 0 aliphatic carbocycles. The molecule has 0 bridgehead atoms. The van der Waals surface area contributed by atoms with Crippen LogP contribution in [0.25, 0.3) is 11.3 Å². The van der Waals surface area contributed by atoms with Crippen LogP contribution in [0.15, 0.2) is 66.7 Å². The third-order valence-corrected chi connectivity index (χ3v) is 7.10. The Kier molecular flexibility index (Phi) is 6.86. The summed E-state index contributed by atoms with van der Waals surface area (Å²) < 4.78 is 5.59. The zero-order chi connectivity index (χ0) is 23.2. The van der Waals surface area contributed by atoms with Crippen molar-refractivity contribution >= 4 is 17.4 Å². The van der Waals surface area contributed by atoms with Gasteiger partial charge < -0.3 is 15.0 Å². The van der Waals surface area contributed by atoms with E-state index in [2.05, 4.69) is 26.5 Å². The number of hydrogen-bond donors (Lipinski definition) is 1. The van der Waals surface area contributed by atoms with Crippen LogP contribution in [-0.4, -0.2) is 42.4 Å². The molecule has 6 heteroatoms. The van der Waals surface area contributed by atoms with Crippen molar-refractivity contribution < 1.29 is 9.53 Å². The van der Waals surface area contributed by atoms with Gasteiger partial charge in [-0.05, 0) is 55.5 Å². The zero-order valence-electron chi connectivity index (χ0n) is 19.6. The number of hydrogen-bond acceptors (Lipinski definition) is 5. The summed E-state index contributed by atoms with van der Waals surface area (Å²) in [5, 5.41) is 12.2. The molecule has 176 valence electrons. The fraction of sp³-hybridized carbons (Fsp3) is 0.393. The molecule has 3 heterocycles. The lowest BCUT2D eigenvalue weighted by atomic mass is 9.73. The van der Waals surface area contributed by atoms with Gasteiger partial charge in [-0.2, -0.15) is 0 Å². The van der Waals surface area contributed by atoms with E-state index in [4.69, 9.17) is 4.74 Å². The zero-order valence-corrected chi connectivity index (χ0v) is 19.6. The second-order valence-electron chi connectivity index (χ2n) is 9.27. The van der Waals surface area contributed by atoms with E-state index in [1.165, 1.54) is 25.7 Å². The van der Waals surface area contributed by atoms with E-state index in [1.807, 2.05) is 60.7 Å². The molecule has 6 nitrogen and oxygen atoms in total. The van der Waals surface area contributed by atoms with Crippen LogP contribution in [0.3, 0.4) is 0 Å². The number of rotatable bonds is 5. The molecule has 3 aromatic rings. The van der Waals surface area contributed by atoms with Crippen LogP contribution in [0.2, 0.25) is 0 Å². The average molecular weight is 457 g/mol. The van der Waals surface area contributed by atoms with Gasteiger partial charge in [-0.3, -0.25) is 4.79 Å². The third kappa shape index (κ3) is 4.82. The van der Waals surface area contributed by atoms with Crippen LogP contribution in [0.4, 0.5) is 11.5 Å². The number of nitrogens with one attached hydrogen (secondary N) is 1. The summed E-state index contributed by atoms with van der Waals surface area (Å²) in [5.41, 5.74) is 2.97. The maximum atomic E-state index is 13.6. The molecule has 2 fully saturated rings. The Morgan fingerprint density at radius 2 is 1.62 bits per heavy atom. The second kappa shape index (κ2) is 10.3. The number of anilines is 2. The molecule has 34 heavy (non-hydrogen) atoms. The maximum Gasteiger partial charge on any atom is 0.235 e. The number of nitrogens with zero attached hydrogens (tertiary/aromatic N) is 3. The van der Waals surface area contributed by atoms with Crippen LogP contribution in [0.1, 0.15) is 44.1 Å². The lowest BCUT2D eigenvalue weighted by Crippen LogP contribution is -2.44. The molecule has 5 rings (SSSR count). The largest absolute Gasteiger partial charge is 0.381 e. The molecule has 2 aliphatic rings. The van der Waals surface area contributed by atoms with Crippen molar-refractivity contribution in [3.8, 4) is 11.3 Å². The Morgan fingerprint density at radius 1 is 0.853 bits per heavy atom. The summed E-state index contributed by atoms with van der Waals surface area (Å²) in [4.78, 5) is 15.9. The van der Waals surface area contributed by atoms with Crippen LogP contribution >= 0.6 is 0 Å². The molecule has 2 aromatic carbocycles. The molecule has 0 radical (unpaired) electrons. The smallest absolute Gasteiger partial charge is 0.235 e. The fourth-order valence-electron chi connectivity index (χ4n) is 5.08. The van der Waals surface area contributed by atoms with Gasteiger partial charge in [-0.25, -0.2) is 0 Å². The Balaban J connectivity index is 1.34. The first-order chi connectivity index (χ1) is 16.7. The Hall–Kier alpha value is -3.25. The van der Waals surface area contributed by atoms with Gasteiger partial charge in [0.25, 0.3) is 0 Å². The van der Waals surface area contributed by atoms with E-state index in [0.29, 0.717) is 26.1 Å². The summed E-state index contributed by atoms with van der Waals surface area (Å²) in [6, 6.07) is 22.0. The van der Waals surface area contributed by atoms with Crippen molar-refractivity contribution in [2.45, 2.75) is 43.9 Å². The molecule has 0 spiro atoms. The summed E-state index contributed by atoms with van der Waals surface area (Å²) in [5.74, 6) is 0.959. The van der Waals surface area contributed by atoms with Gasteiger partial charge in [-0.15, -0.1) is 10.2 Å². The van der Waals surface area contributed by atoms with Crippen molar-refractivity contribution in [2.24, 2.45) is 0 Å². The van der Waals surface area contributed by atoms with Gasteiger partial charge in [-0.1, -0.05) is 55.3 Å². The summed E-state index contributed by atoms with van der Waals surface area (Å²) in [6.45, 7) is 3.26. The number of benzene rings is 2. The SMILES string of the molecule is O=C(Nc1cccc(-c2ccc(N3CCCCCC3)nn2)c1)C1(c2ccccc2)CCOCC1. The van der Waals surface area contributed by atoms with E-state index in [9.17, 15) is 4.79 Å². The molecule has 0 atom stereocenters. The van der Waals surface area contributed by atoms with Crippen molar-refractivity contribution in [3.63, 3.8) is 0 Å². The Bertz CT molecular complexity index is 1090. The molecule has 1 N–H and O–H groups in total. The van der Waals surface area contributed by atoms with E-state index >= 15 is 0 Å². The lowest BCUT2D eigenvalue weighted by Gasteiger charge is -2.36. The van der Waals surface area contributed by atoms with Crippen molar-refractivity contribution in [1.82, 2.24) is 10.2 Å². The highest BCUT2D eigenvalue weighted by Crippen LogP contribution is 2.36. The van der Waals surface area contributed by atoms with E-state index < -0.39 is 5.41 Å². The first-order valence-electron chi connectivity index (χ1n) is 12.4.